The SMILES string of the molecule is CCOC(=O)[C@H](NC(=O)OCc1ccccc1)c1ccccc1. The average Bonchev–Trinajstić information content (AvgIpc) is 2.59. The molecule has 0 aliphatic heterocycles. The minimum atomic E-state index is -0.889. The zero-order valence-corrected chi connectivity index (χ0v) is 12.9. The molecule has 0 radical (unpaired) electrons. The molecule has 23 heavy (non-hydrogen) atoms. The summed E-state index contributed by atoms with van der Waals surface area (Å²) in [5.74, 6) is -0.518. The predicted octanol–water partition coefficient (Wildman–Crippen LogP) is 3.22. The lowest BCUT2D eigenvalue weighted by Crippen LogP contribution is -2.35. The van der Waals surface area contributed by atoms with Gasteiger partial charge in [-0.25, -0.2) is 9.59 Å². The molecule has 0 aliphatic rings. The van der Waals surface area contributed by atoms with Gasteiger partial charge in [-0.15, -0.1) is 0 Å². The highest BCUT2D eigenvalue weighted by atomic mass is 16.6. The van der Waals surface area contributed by atoms with Crippen LogP contribution in [0.2, 0.25) is 0 Å². The first kappa shape index (κ1) is 16.5. The van der Waals surface area contributed by atoms with Crippen molar-refractivity contribution >= 4 is 12.1 Å². The molecule has 2 aromatic carbocycles. The second-order valence-electron chi connectivity index (χ2n) is 4.80. The van der Waals surface area contributed by atoms with Crippen molar-refractivity contribution in [1.82, 2.24) is 5.32 Å². The van der Waals surface area contributed by atoms with E-state index in [-0.39, 0.29) is 13.2 Å². The number of amides is 1. The van der Waals surface area contributed by atoms with Gasteiger partial charge in [-0.05, 0) is 18.1 Å². The van der Waals surface area contributed by atoms with Crippen molar-refractivity contribution in [2.24, 2.45) is 0 Å². The van der Waals surface area contributed by atoms with E-state index in [1.165, 1.54) is 0 Å². The number of rotatable bonds is 6. The van der Waals surface area contributed by atoms with Crippen LogP contribution < -0.4 is 5.32 Å². The van der Waals surface area contributed by atoms with Crippen LogP contribution in [-0.2, 0) is 20.9 Å². The molecule has 2 rings (SSSR count). The number of esters is 1. The highest BCUT2D eigenvalue weighted by Gasteiger charge is 2.24. The number of alkyl carbamates (subject to hydrolysis) is 1. The van der Waals surface area contributed by atoms with E-state index < -0.39 is 18.1 Å². The predicted molar refractivity (Wildman–Crippen MR) is 85.6 cm³/mol. The van der Waals surface area contributed by atoms with Crippen LogP contribution in [0.3, 0.4) is 0 Å². The van der Waals surface area contributed by atoms with Crippen LogP contribution in [0.25, 0.3) is 0 Å². The van der Waals surface area contributed by atoms with Gasteiger partial charge in [-0.2, -0.15) is 0 Å². The summed E-state index contributed by atoms with van der Waals surface area (Å²) in [6.07, 6.45) is -0.671. The Hall–Kier alpha value is -2.82. The molecule has 0 saturated heterocycles. The van der Waals surface area contributed by atoms with Crippen molar-refractivity contribution in [1.29, 1.82) is 0 Å². The standard InChI is InChI=1S/C18H19NO4/c1-2-22-17(20)16(15-11-7-4-8-12-15)19-18(21)23-13-14-9-5-3-6-10-14/h3-12,16H,2,13H2,1H3,(H,19,21)/t16-/m1/s1. The number of nitrogens with one attached hydrogen (secondary N) is 1. The van der Waals surface area contributed by atoms with Gasteiger partial charge in [0.25, 0.3) is 0 Å². The molecule has 0 saturated carbocycles. The fourth-order valence-electron chi connectivity index (χ4n) is 2.03. The zero-order valence-electron chi connectivity index (χ0n) is 12.9. The van der Waals surface area contributed by atoms with E-state index in [9.17, 15) is 9.59 Å². The van der Waals surface area contributed by atoms with Gasteiger partial charge in [0.05, 0.1) is 6.61 Å². The Kier molecular flexibility index (Phi) is 6.17. The maximum Gasteiger partial charge on any atom is 0.408 e. The molecular weight excluding hydrogens is 294 g/mol. The van der Waals surface area contributed by atoms with E-state index in [1.54, 1.807) is 31.2 Å². The second-order valence-corrected chi connectivity index (χ2v) is 4.80. The third-order valence-corrected chi connectivity index (χ3v) is 3.13. The monoisotopic (exact) mass is 313 g/mol. The molecule has 0 fully saturated rings. The maximum absolute atomic E-state index is 12.1. The van der Waals surface area contributed by atoms with Crippen molar-refractivity contribution in [2.75, 3.05) is 6.61 Å². The normalized spacial score (nSPS) is 11.3. The molecule has 0 heterocycles. The van der Waals surface area contributed by atoms with E-state index in [0.29, 0.717) is 5.56 Å². The van der Waals surface area contributed by atoms with Gasteiger partial charge in [0.2, 0.25) is 0 Å². The van der Waals surface area contributed by atoms with Gasteiger partial charge in [0, 0.05) is 0 Å². The smallest absolute Gasteiger partial charge is 0.408 e. The molecule has 5 nitrogen and oxygen atoms in total. The van der Waals surface area contributed by atoms with Crippen molar-refractivity contribution in [3.05, 3.63) is 71.8 Å². The van der Waals surface area contributed by atoms with Gasteiger partial charge in [0.15, 0.2) is 6.04 Å². The molecular formula is C18H19NO4. The molecule has 0 bridgehead atoms. The van der Waals surface area contributed by atoms with E-state index in [0.717, 1.165) is 5.56 Å². The zero-order chi connectivity index (χ0) is 16.5. The van der Waals surface area contributed by atoms with Crippen molar-refractivity contribution < 1.29 is 19.1 Å². The van der Waals surface area contributed by atoms with Crippen LogP contribution in [0.15, 0.2) is 60.7 Å². The first-order valence-corrected chi connectivity index (χ1v) is 7.39. The Balaban J connectivity index is 1.99. The van der Waals surface area contributed by atoms with E-state index >= 15 is 0 Å². The Morgan fingerprint density at radius 3 is 2.17 bits per heavy atom. The van der Waals surface area contributed by atoms with Gasteiger partial charge in [-0.3, -0.25) is 0 Å². The number of hydrogen-bond donors (Lipinski definition) is 1. The number of ether oxygens (including phenoxy) is 2. The molecule has 120 valence electrons. The Morgan fingerprint density at radius 2 is 1.57 bits per heavy atom. The van der Waals surface area contributed by atoms with Crippen LogP contribution in [0, 0.1) is 0 Å². The molecule has 0 unspecified atom stereocenters. The van der Waals surface area contributed by atoms with E-state index in [4.69, 9.17) is 9.47 Å². The molecule has 5 heteroatoms. The summed E-state index contributed by atoms with van der Waals surface area (Å²) in [5.41, 5.74) is 1.51. The molecule has 1 atom stereocenters. The van der Waals surface area contributed by atoms with E-state index in [1.807, 2.05) is 36.4 Å². The lowest BCUT2D eigenvalue weighted by molar-refractivity contribution is -0.145. The Labute approximate surface area is 135 Å². The van der Waals surface area contributed by atoms with Crippen LogP contribution in [-0.4, -0.2) is 18.7 Å². The minimum absolute atomic E-state index is 0.136. The van der Waals surface area contributed by atoms with Crippen molar-refractivity contribution in [2.45, 2.75) is 19.6 Å². The maximum atomic E-state index is 12.1. The first-order valence-electron chi connectivity index (χ1n) is 7.39. The fraction of sp³-hybridized carbons (Fsp3) is 0.222. The van der Waals surface area contributed by atoms with Crippen molar-refractivity contribution in [3.8, 4) is 0 Å². The summed E-state index contributed by atoms with van der Waals surface area (Å²) in [6, 6.07) is 17.3. The lowest BCUT2D eigenvalue weighted by Gasteiger charge is -2.17. The van der Waals surface area contributed by atoms with Crippen molar-refractivity contribution in [3.63, 3.8) is 0 Å². The lowest BCUT2D eigenvalue weighted by atomic mass is 10.1. The van der Waals surface area contributed by atoms with Gasteiger partial charge in [0.1, 0.15) is 6.61 Å². The van der Waals surface area contributed by atoms with E-state index in [2.05, 4.69) is 5.32 Å². The number of benzene rings is 2. The Bertz CT molecular complexity index is 628. The molecule has 0 aliphatic carbocycles. The summed E-state index contributed by atoms with van der Waals surface area (Å²) in [6.45, 7) is 2.09. The fourth-order valence-corrected chi connectivity index (χ4v) is 2.03. The highest BCUT2D eigenvalue weighted by Crippen LogP contribution is 2.15. The third kappa shape index (κ3) is 5.14. The minimum Gasteiger partial charge on any atom is -0.464 e. The molecule has 2 aromatic rings. The van der Waals surface area contributed by atoms with Crippen LogP contribution in [0.5, 0.6) is 0 Å². The summed E-state index contributed by atoms with van der Waals surface area (Å²) in [5, 5.41) is 2.55. The summed E-state index contributed by atoms with van der Waals surface area (Å²) < 4.78 is 10.2. The van der Waals surface area contributed by atoms with Gasteiger partial charge in [-0.1, -0.05) is 60.7 Å². The average molecular weight is 313 g/mol. The molecule has 0 spiro atoms. The largest absolute Gasteiger partial charge is 0.464 e. The molecule has 1 amide bonds. The van der Waals surface area contributed by atoms with Gasteiger partial charge < -0.3 is 14.8 Å². The molecule has 1 N–H and O–H groups in total. The summed E-state index contributed by atoms with van der Waals surface area (Å²) >= 11 is 0. The summed E-state index contributed by atoms with van der Waals surface area (Å²) in [7, 11) is 0. The third-order valence-electron chi connectivity index (χ3n) is 3.13. The first-order chi connectivity index (χ1) is 11.2. The number of hydrogen-bond acceptors (Lipinski definition) is 4. The topological polar surface area (TPSA) is 64.6 Å². The summed E-state index contributed by atoms with van der Waals surface area (Å²) in [4.78, 5) is 24.0. The second kappa shape index (κ2) is 8.58. The van der Waals surface area contributed by atoms with Gasteiger partial charge >= 0.3 is 12.1 Å². The van der Waals surface area contributed by atoms with Crippen LogP contribution >= 0.6 is 0 Å². The number of carbonyl (C=O) groups excluding carboxylic acids is 2. The van der Waals surface area contributed by atoms with Crippen LogP contribution in [0.1, 0.15) is 24.1 Å². The molecule has 0 aromatic heterocycles. The Morgan fingerprint density at radius 1 is 0.957 bits per heavy atom. The van der Waals surface area contributed by atoms with Crippen LogP contribution in [0.4, 0.5) is 4.79 Å². The highest BCUT2D eigenvalue weighted by molar-refractivity contribution is 5.82. The number of carbonyl (C=O) groups is 2. The quantitative estimate of drug-likeness (QED) is 0.832.